The Hall–Kier alpha value is -2.03. The Balaban J connectivity index is 1.95. The van der Waals surface area contributed by atoms with Gasteiger partial charge in [-0.3, -0.25) is 4.79 Å². The number of aromatic hydroxyl groups is 1. The van der Waals surface area contributed by atoms with Crippen LogP contribution in [0.3, 0.4) is 0 Å². The summed E-state index contributed by atoms with van der Waals surface area (Å²) in [4.78, 5) is 11.4. The lowest BCUT2D eigenvalue weighted by molar-refractivity contribution is 0.459. The number of rotatable bonds is 8. The highest BCUT2D eigenvalue weighted by Gasteiger charge is 2.06. The summed E-state index contributed by atoms with van der Waals surface area (Å²) in [6.45, 7) is 3.99. The molecular weight excluding hydrogens is 286 g/mol. The highest BCUT2D eigenvalue weighted by atomic mass is 16.3. The first kappa shape index (κ1) is 17.3. The molecule has 0 unspecified atom stereocenters. The Bertz CT molecular complexity index is 671. The molecule has 1 heterocycles. The molecule has 0 bridgehead atoms. The van der Waals surface area contributed by atoms with Gasteiger partial charge < -0.3 is 9.67 Å². The van der Waals surface area contributed by atoms with Gasteiger partial charge in [0, 0.05) is 18.0 Å². The van der Waals surface area contributed by atoms with Crippen LogP contribution in [0.1, 0.15) is 56.7 Å². The zero-order chi connectivity index (χ0) is 16.7. The summed E-state index contributed by atoms with van der Waals surface area (Å²) in [5, 5.41) is 9.77. The maximum Gasteiger partial charge on any atom is 0.223 e. The predicted octanol–water partition coefficient (Wildman–Crippen LogP) is 4.75. The van der Waals surface area contributed by atoms with Crippen molar-refractivity contribution in [3.8, 4) is 11.4 Å². The zero-order valence-corrected chi connectivity index (χ0v) is 14.2. The quantitative estimate of drug-likeness (QED) is 0.714. The second kappa shape index (κ2) is 8.56. The fourth-order valence-corrected chi connectivity index (χ4v) is 2.84. The summed E-state index contributed by atoms with van der Waals surface area (Å²) in [6, 6.07) is 9.76. The molecule has 0 saturated heterocycles. The van der Waals surface area contributed by atoms with Gasteiger partial charge in [-0.05, 0) is 37.5 Å². The summed E-state index contributed by atoms with van der Waals surface area (Å²) in [7, 11) is 0. The van der Waals surface area contributed by atoms with Gasteiger partial charge in [0.1, 0.15) is 0 Å². The molecule has 0 fully saturated rings. The lowest BCUT2D eigenvalue weighted by Gasteiger charge is -2.12. The van der Waals surface area contributed by atoms with E-state index >= 15 is 0 Å². The van der Waals surface area contributed by atoms with Crippen molar-refractivity contribution in [2.24, 2.45) is 0 Å². The van der Waals surface area contributed by atoms with Crippen molar-refractivity contribution in [3.05, 3.63) is 58.0 Å². The number of aromatic nitrogens is 1. The first-order chi connectivity index (χ1) is 11.1. The van der Waals surface area contributed by atoms with E-state index in [2.05, 4.69) is 19.1 Å². The molecule has 0 radical (unpaired) electrons. The van der Waals surface area contributed by atoms with E-state index in [4.69, 9.17) is 0 Å². The van der Waals surface area contributed by atoms with Crippen molar-refractivity contribution >= 4 is 0 Å². The van der Waals surface area contributed by atoms with E-state index in [0.717, 1.165) is 12.1 Å². The van der Waals surface area contributed by atoms with Gasteiger partial charge in [0.25, 0.3) is 0 Å². The molecule has 124 valence electrons. The van der Waals surface area contributed by atoms with Crippen LogP contribution < -0.4 is 5.43 Å². The maximum atomic E-state index is 11.4. The van der Waals surface area contributed by atoms with E-state index in [0.29, 0.717) is 5.69 Å². The smallest absolute Gasteiger partial charge is 0.223 e. The molecular formula is C20H27NO2. The van der Waals surface area contributed by atoms with Crippen LogP contribution in [0.15, 0.2) is 41.3 Å². The lowest BCUT2D eigenvalue weighted by atomic mass is 10.0. The van der Waals surface area contributed by atoms with Crippen molar-refractivity contribution in [3.63, 3.8) is 0 Å². The number of benzene rings is 1. The summed E-state index contributed by atoms with van der Waals surface area (Å²) in [5.41, 5.74) is 2.54. The third-order valence-electron chi connectivity index (χ3n) is 4.35. The fourth-order valence-electron chi connectivity index (χ4n) is 2.84. The third-order valence-corrected chi connectivity index (χ3v) is 4.35. The number of nitrogens with zero attached hydrogens (tertiary/aromatic N) is 1. The van der Waals surface area contributed by atoms with Crippen LogP contribution in [0, 0.1) is 6.92 Å². The zero-order valence-electron chi connectivity index (χ0n) is 14.2. The first-order valence-electron chi connectivity index (χ1n) is 8.64. The van der Waals surface area contributed by atoms with Gasteiger partial charge in [-0.25, -0.2) is 0 Å². The molecule has 0 spiro atoms. The van der Waals surface area contributed by atoms with Crippen LogP contribution >= 0.6 is 0 Å². The van der Waals surface area contributed by atoms with Gasteiger partial charge in [0.15, 0.2) is 5.75 Å². The van der Waals surface area contributed by atoms with E-state index in [-0.39, 0.29) is 11.2 Å². The molecule has 1 aromatic heterocycles. The highest BCUT2D eigenvalue weighted by molar-refractivity contribution is 5.40. The predicted molar refractivity (Wildman–Crippen MR) is 95.5 cm³/mol. The Labute approximate surface area is 138 Å². The molecule has 0 atom stereocenters. The van der Waals surface area contributed by atoms with Crippen LogP contribution in [-0.4, -0.2) is 9.67 Å². The van der Waals surface area contributed by atoms with E-state index in [1.54, 1.807) is 13.1 Å². The second-order valence-corrected chi connectivity index (χ2v) is 6.17. The number of aryl methyl sites for hydroxylation is 1. The minimum absolute atomic E-state index is 0.177. The largest absolute Gasteiger partial charge is 0.503 e. The van der Waals surface area contributed by atoms with Gasteiger partial charge in [-0.15, -0.1) is 0 Å². The minimum atomic E-state index is -0.335. The Kier molecular flexibility index (Phi) is 6.45. The van der Waals surface area contributed by atoms with Crippen molar-refractivity contribution in [1.82, 2.24) is 4.57 Å². The van der Waals surface area contributed by atoms with Crippen molar-refractivity contribution in [1.29, 1.82) is 0 Å². The molecule has 3 nitrogen and oxygen atoms in total. The summed E-state index contributed by atoms with van der Waals surface area (Å²) in [5.74, 6) is -0.177. The number of hydrogen-bond donors (Lipinski definition) is 1. The molecule has 0 aliphatic carbocycles. The van der Waals surface area contributed by atoms with E-state index in [1.165, 1.54) is 50.2 Å². The van der Waals surface area contributed by atoms with Gasteiger partial charge in [-0.2, -0.15) is 0 Å². The lowest BCUT2D eigenvalue weighted by Crippen LogP contribution is -2.08. The maximum absolute atomic E-state index is 11.4. The van der Waals surface area contributed by atoms with Crippen molar-refractivity contribution in [2.75, 3.05) is 0 Å². The van der Waals surface area contributed by atoms with E-state index in [1.807, 2.05) is 16.7 Å². The standard InChI is InChI=1S/C20H27NO2/c1-3-4-5-6-7-8-9-17-10-12-18(13-11-17)21-15-14-19(22)20(23)16(21)2/h10-15,23H,3-9H2,1-2H3. The van der Waals surface area contributed by atoms with Crippen molar-refractivity contribution in [2.45, 2.75) is 58.8 Å². The molecule has 2 rings (SSSR count). The third kappa shape index (κ3) is 4.72. The SMILES string of the molecule is CCCCCCCCc1ccc(-n2ccc(=O)c(O)c2C)cc1. The summed E-state index contributed by atoms with van der Waals surface area (Å²) < 4.78 is 1.84. The number of unbranched alkanes of at least 4 members (excludes halogenated alkanes) is 5. The van der Waals surface area contributed by atoms with Gasteiger partial charge >= 0.3 is 0 Å². The van der Waals surface area contributed by atoms with Crippen LogP contribution in [0.5, 0.6) is 5.75 Å². The number of hydrogen-bond acceptors (Lipinski definition) is 2. The Morgan fingerprint density at radius 2 is 1.61 bits per heavy atom. The van der Waals surface area contributed by atoms with E-state index < -0.39 is 0 Å². The van der Waals surface area contributed by atoms with Crippen LogP contribution in [0.4, 0.5) is 0 Å². The fraction of sp³-hybridized carbons (Fsp3) is 0.450. The second-order valence-electron chi connectivity index (χ2n) is 6.17. The van der Waals surface area contributed by atoms with Gasteiger partial charge in [-0.1, -0.05) is 51.2 Å². The Morgan fingerprint density at radius 1 is 0.957 bits per heavy atom. The van der Waals surface area contributed by atoms with Gasteiger partial charge in [0.05, 0.1) is 5.69 Å². The van der Waals surface area contributed by atoms with Crippen LogP contribution in [-0.2, 0) is 6.42 Å². The summed E-state index contributed by atoms with van der Waals surface area (Å²) in [6.07, 6.45) is 10.7. The minimum Gasteiger partial charge on any atom is -0.503 e. The molecule has 2 aromatic rings. The average molecular weight is 313 g/mol. The topological polar surface area (TPSA) is 42.2 Å². The normalized spacial score (nSPS) is 10.9. The summed E-state index contributed by atoms with van der Waals surface area (Å²) >= 11 is 0. The van der Waals surface area contributed by atoms with Crippen molar-refractivity contribution < 1.29 is 5.11 Å². The molecule has 1 aromatic carbocycles. The van der Waals surface area contributed by atoms with Crippen LogP contribution in [0.2, 0.25) is 0 Å². The Morgan fingerprint density at radius 3 is 2.30 bits per heavy atom. The molecule has 1 N–H and O–H groups in total. The molecule has 0 aliphatic rings. The van der Waals surface area contributed by atoms with Crippen LogP contribution in [0.25, 0.3) is 5.69 Å². The molecule has 0 saturated carbocycles. The molecule has 23 heavy (non-hydrogen) atoms. The van der Waals surface area contributed by atoms with Gasteiger partial charge in [0.2, 0.25) is 5.43 Å². The molecule has 0 amide bonds. The average Bonchev–Trinajstić information content (AvgIpc) is 2.57. The monoisotopic (exact) mass is 313 g/mol. The molecule has 0 aliphatic heterocycles. The first-order valence-corrected chi connectivity index (χ1v) is 8.64. The van der Waals surface area contributed by atoms with E-state index in [9.17, 15) is 9.90 Å². The number of pyridine rings is 1. The highest BCUT2D eigenvalue weighted by Crippen LogP contribution is 2.17. The molecule has 3 heteroatoms.